The van der Waals surface area contributed by atoms with Gasteiger partial charge < -0.3 is 4.90 Å². The van der Waals surface area contributed by atoms with Crippen LogP contribution in [-0.4, -0.2) is 25.0 Å². The summed E-state index contributed by atoms with van der Waals surface area (Å²) in [7, 11) is 4.62. The highest BCUT2D eigenvalue weighted by molar-refractivity contribution is 4.67. The molecule has 0 aliphatic heterocycles. The molecule has 0 aliphatic rings. The van der Waals surface area contributed by atoms with Crippen molar-refractivity contribution in [2.75, 3.05) is 14.1 Å². The van der Waals surface area contributed by atoms with Crippen LogP contribution in [0.2, 0.25) is 0 Å². The molecule has 0 aromatic rings. The third kappa shape index (κ3) is 34.3. The van der Waals surface area contributed by atoms with E-state index < -0.39 is 0 Å². The summed E-state index contributed by atoms with van der Waals surface area (Å²) >= 11 is 0. The van der Waals surface area contributed by atoms with Gasteiger partial charge in [0.15, 0.2) is 0 Å². The summed E-state index contributed by atoms with van der Waals surface area (Å²) in [5, 5.41) is 0. The molecule has 41 heavy (non-hydrogen) atoms. The minimum atomic E-state index is 0.818. The third-order valence-electron chi connectivity index (χ3n) is 9.76. The van der Waals surface area contributed by atoms with Crippen LogP contribution in [0, 0.1) is 0 Å². The molecule has 248 valence electrons. The van der Waals surface area contributed by atoms with Crippen LogP contribution in [0.1, 0.15) is 239 Å². The SMILES string of the molecule is CCCCCCCCCCCCCCCCCCCCC(CCCCCCCCCCCCCCCCC)N(C)C. The van der Waals surface area contributed by atoms with Crippen LogP contribution < -0.4 is 0 Å². The van der Waals surface area contributed by atoms with Crippen molar-refractivity contribution >= 4 is 0 Å². The number of nitrogens with zero attached hydrogens (tertiary/aromatic N) is 1. The van der Waals surface area contributed by atoms with Crippen molar-refractivity contribution in [3.63, 3.8) is 0 Å². The van der Waals surface area contributed by atoms with Gasteiger partial charge in [0, 0.05) is 6.04 Å². The molecule has 0 aromatic carbocycles. The van der Waals surface area contributed by atoms with Gasteiger partial charge in [-0.15, -0.1) is 0 Å². The first kappa shape index (κ1) is 41.0. The molecule has 1 heteroatoms. The van der Waals surface area contributed by atoms with Crippen LogP contribution in [0.3, 0.4) is 0 Å². The Bertz CT molecular complexity index is 444. The van der Waals surface area contributed by atoms with Gasteiger partial charge in [-0.2, -0.15) is 0 Å². The Balaban J connectivity index is 3.36. The van der Waals surface area contributed by atoms with Crippen molar-refractivity contribution in [3.05, 3.63) is 0 Å². The maximum atomic E-state index is 2.51. The Morgan fingerprint density at radius 3 is 0.610 bits per heavy atom. The van der Waals surface area contributed by atoms with E-state index in [0.29, 0.717) is 0 Å². The average molecular weight is 578 g/mol. The molecule has 0 aromatic heterocycles. The average Bonchev–Trinajstić information content (AvgIpc) is 2.97. The van der Waals surface area contributed by atoms with Gasteiger partial charge in [-0.1, -0.05) is 226 Å². The molecule has 0 rings (SSSR count). The lowest BCUT2D eigenvalue weighted by atomic mass is 9.99. The molecular weight excluding hydrogens is 494 g/mol. The van der Waals surface area contributed by atoms with Crippen molar-refractivity contribution < 1.29 is 0 Å². The van der Waals surface area contributed by atoms with E-state index >= 15 is 0 Å². The minimum absolute atomic E-state index is 0.818. The Hall–Kier alpha value is -0.0400. The standard InChI is InChI=1S/C40H83N/c1-5-7-9-11-13-15-17-19-21-22-23-25-27-29-31-33-35-37-39-40(41(3)4)38-36-34-32-30-28-26-24-20-18-16-14-12-10-8-6-2/h40H,5-39H2,1-4H3. The molecule has 0 aliphatic carbocycles. The fraction of sp³-hybridized carbons (Fsp3) is 1.00. The lowest BCUT2D eigenvalue weighted by Crippen LogP contribution is -2.27. The Kier molecular flexibility index (Phi) is 36.1. The summed E-state index contributed by atoms with van der Waals surface area (Å²) in [4.78, 5) is 2.51. The van der Waals surface area contributed by atoms with Crippen LogP contribution in [0.15, 0.2) is 0 Å². The predicted octanol–water partition coefficient (Wildman–Crippen LogP) is 14.6. The summed E-state index contributed by atoms with van der Waals surface area (Å²) in [5.41, 5.74) is 0. The van der Waals surface area contributed by atoms with Gasteiger partial charge in [-0.05, 0) is 26.9 Å². The topological polar surface area (TPSA) is 3.24 Å². The van der Waals surface area contributed by atoms with E-state index in [1.54, 1.807) is 0 Å². The number of hydrogen-bond donors (Lipinski definition) is 0. The molecule has 0 saturated carbocycles. The summed E-state index contributed by atoms with van der Waals surface area (Å²) in [6, 6.07) is 0.818. The zero-order chi connectivity index (χ0) is 29.9. The molecule has 0 saturated heterocycles. The second-order valence-corrected chi connectivity index (χ2v) is 14.2. The Morgan fingerprint density at radius 1 is 0.268 bits per heavy atom. The van der Waals surface area contributed by atoms with Crippen molar-refractivity contribution in [1.29, 1.82) is 0 Å². The number of unbranched alkanes of at least 4 members (excludes halogenated alkanes) is 31. The van der Waals surface area contributed by atoms with E-state index in [0.717, 1.165) is 6.04 Å². The van der Waals surface area contributed by atoms with Crippen LogP contribution in [0.4, 0.5) is 0 Å². The quantitative estimate of drug-likeness (QED) is 0.0669. The van der Waals surface area contributed by atoms with E-state index in [4.69, 9.17) is 0 Å². The molecule has 0 fully saturated rings. The van der Waals surface area contributed by atoms with Crippen LogP contribution in [-0.2, 0) is 0 Å². The van der Waals surface area contributed by atoms with Crippen molar-refractivity contribution in [3.8, 4) is 0 Å². The van der Waals surface area contributed by atoms with E-state index in [2.05, 4.69) is 32.8 Å². The molecule has 0 spiro atoms. The summed E-state index contributed by atoms with van der Waals surface area (Å²) in [5.74, 6) is 0. The maximum absolute atomic E-state index is 2.51. The first-order valence-electron chi connectivity index (χ1n) is 19.9. The number of hydrogen-bond acceptors (Lipinski definition) is 1. The van der Waals surface area contributed by atoms with E-state index in [1.165, 1.54) is 225 Å². The monoisotopic (exact) mass is 578 g/mol. The van der Waals surface area contributed by atoms with Gasteiger partial charge in [-0.3, -0.25) is 0 Å². The van der Waals surface area contributed by atoms with E-state index in [1.807, 2.05) is 0 Å². The van der Waals surface area contributed by atoms with E-state index in [9.17, 15) is 0 Å². The van der Waals surface area contributed by atoms with Crippen LogP contribution in [0.25, 0.3) is 0 Å². The highest BCUT2D eigenvalue weighted by Gasteiger charge is 2.10. The fourth-order valence-corrected chi connectivity index (χ4v) is 6.69. The van der Waals surface area contributed by atoms with Crippen LogP contribution in [0.5, 0.6) is 0 Å². The van der Waals surface area contributed by atoms with E-state index in [-0.39, 0.29) is 0 Å². The van der Waals surface area contributed by atoms with Crippen LogP contribution >= 0.6 is 0 Å². The lowest BCUT2D eigenvalue weighted by molar-refractivity contribution is 0.251. The molecule has 1 nitrogen and oxygen atoms in total. The fourth-order valence-electron chi connectivity index (χ4n) is 6.69. The Morgan fingerprint density at radius 2 is 0.439 bits per heavy atom. The predicted molar refractivity (Wildman–Crippen MR) is 190 cm³/mol. The number of rotatable bonds is 36. The summed E-state index contributed by atoms with van der Waals surface area (Å²) in [6.45, 7) is 4.62. The minimum Gasteiger partial charge on any atom is -0.306 e. The highest BCUT2D eigenvalue weighted by atomic mass is 15.1. The van der Waals surface area contributed by atoms with Crippen molar-refractivity contribution in [2.24, 2.45) is 0 Å². The lowest BCUT2D eigenvalue weighted by Gasteiger charge is -2.24. The largest absolute Gasteiger partial charge is 0.306 e. The van der Waals surface area contributed by atoms with Gasteiger partial charge in [-0.25, -0.2) is 0 Å². The molecule has 1 unspecified atom stereocenters. The molecule has 1 atom stereocenters. The van der Waals surface area contributed by atoms with Gasteiger partial charge in [0.05, 0.1) is 0 Å². The van der Waals surface area contributed by atoms with Gasteiger partial charge in [0.2, 0.25) is 0 Å². The van der Waals surface area contributed by atoms with Crippen molar-refractivity contribution in [1.82, 2.24) is 4.90 Å². The molecular formula is C40H83N. The molecule has 0 N–H and O–H groups in total. The van der Waals surface area contributed by atoms with Gasteiger partial charge in [0.1, 0.15) is 0 Å². The first-order chi connectivity index (χ1) is 20.2. The molecule has 0 bridgehead atoms. The second-order valence-electron chi connectivity index (χ2n) is 14.2. The maximum Gasteiger partial charge on any atom is 0.00891 e. The summed E-state index contributed by atoms with van der Waals surface area (Å²) < 4.78 is 0. The second kappa shape index (κ2) is 36.2. The molecule has 0 heterocycles. The molecule has 0 radical (unpaired) electrons. The molecule has 0 amide bonds. The first-order valence-corrected chi connectivity index (χ1v) is 19.9. The van der Waals surface area contributed by atoms with Crippen molar-refractivity contribution in [2.45, 2.75) is 245 Å². The normalized spacial score (nSPS) is 12.5. The van der Waals surface area contributed by atoms with Gasteiger partial charge >= 0.3 is 0 Å². The third-order valence-corrected chi connectivity index (χ3v) is 9.76. The summed E-state index contributed by atoms with van der Waals surface area (Å²) in [6.07, 6.45) is 51.3. The highest BCUT2D eigenvalue weighted by Crippen LogP contribution is 2.19. The van der Waals surface area contributed by atoms with Gasteiger partial charge in [0.25, 0.3) is 0 Å². The smallest absolute Gasteiger partial charge is 0.00891 e. The zero-order valence-corrected chi connectivity index (χ0v) is 29.8. The zero-order valence-electron chi connectivity index (χ0n) is 29.8. The Labute approximate surface area is 263 Å².